The van der Waals surface area contributed by atoms with Crippen LogP contribution in [-0.4, -0.2) is 21.4 Å². The van der Waals surface area contributed by atoms with Gasteiger partial charge in [0.15, 0.2) is 5.11 Å². The minimum atomic E-state index is 0.687. The highest BCUT2D eigenvalue weighted by Gasteiger charge is 2.07. The van der Waals surface area contributed by atoms with Crippen LogP contribution < -0.4 is 5.32 Å². The van der Waals surface area contributed by atoms with Gasteiger partial charge in [0, 0.05) is 12.2 Å². The zero-order valence-corrected chi connectivity index (χ0v) is 9.11. The van der Waals surface area contributed by atoms with E-state index in [2.05, 4.69) is 24.3 Å². The standard InChI is InChI=1S/C9H15N3S/c1-4-8-7(3)6-11-12(8)9(13)10-5-2/h6H,4-5H2,1-3H3,(H,10,13). The van der Waals surface area contributed by atoms with Gasteiger partial charge in [-0.3, -0.25) is 0 Å². The first-order valence-electron chi connectivity index (χ1n) is 4.52. The maximum Gasteiger partial charge on any atom is 0.194 e. The summed E-state index contributed by atoms with van der Waals surface area (Å²) in [6.45, 7) is 7.02. The van der Waals surface area contributed by atoms with E-state index < -0.39 is 0 Å². The number of hydrogen-bond donors (Lipinski definition) is 1. The average Bonchev–Trinajstić information content (AvgIpc) is 2.47. The van der Waals surface area contributed by atoms with Gasteiger partial charge in [-0.2, -0.15) is 5.10 Å². The van der Waals surface area contributed by atoms with Crippen molar-refractivity contribution in [1.82, 2.24) is 15.1 Å². The maximum absolute atomic E-state index is 5.18. The minimum absolute atomic E-state index is 0.687. The normalized spacial score (nSPS) is 10.1. The molecule has 0 aliphatic carbocycles. The van der Waals surface area contributed by atoms with Crippen LogP contribution in [0.1, 0.15) is 25.1 Å². The molecule has 0 unspecified atom stereocenters. The molecule has 1 aromatic rings. The molecule has 0 aliphatic heterocycles. The largest absolute Gasteiger partial charge is 0.361 e. The molecule has 0 saturated carbocycles. The number of hydrogen-bond acceptors (Lipinski definition) is 2. The lowest BCUT2D eigenvalue weighted by Crippen LogP contribution is -2.30. The van der Waals surface area contributed by atoms with Gasteiger partial charge in [0.05, 0.1) is 6.20 Å². The number of rotatable bonds is 2. The SMILES string of the molecule is CCNC(=S)n1ncc(C)c1CC. The van der Waals surface area contributed by atoms with Crippen molar-refractivity contribution >= 4 is 17.3 Å². The van der Waals surface area contributed by atoms with Crippen molar-refractivity contribution in [3.63, 3.8) is 0 Å². The zero-order chi connectivity index (χ0) is 9.84. The molecule has 3 nitrogen and oxygen atoms in total. The molecule has 0 amide bonds. The first-order chi connectivity index (χ1) is 6.20. The van der Waals surface area contributed by atoms with Crippen LogP contribution in [0.25, 0.3) is 0 Å². The molecule has 1 rings (SSSR count). The smallest absolute Gasteiger partial charge is 0.194 e. The molecule has 0 radical (unpaired) electrons. The Morgan fingerprint density at radius 2 is 2.31 bits per heavy atom. The summed E-state index contributed by atoms with van der Waals surface area (Å²) in [5, 5.41) is 7.99. The molecule has 0 saturated heterocycles. The monoisotopic (exact) mass is 197 g/mol. The Balaban J connectivity index is 2.93. The molecule has 0 aliphatic rings. The Morgan fingerprint density at radius 1 is 1.62 bits per heavy atom. The van der Waals surface area contributed by atoms with Crippen LogP contribution in [0, 0.1) is 6.92 Å². The van der Waals surface area contributed by atoms with Gasteiger partial charge in [-0.15, -0.1) is 0 Å². The summed E-state index contributed by atoms with van der Waals surface area (Å²) in [7, 11) is 0. The van der Waals surface area contributed by atoms with E-state index in [0.717, 1.165) is 13.0 Å². The Labute approximate surface area is 84.1 Å². The Hall–Kier alpha value is -0.900. The summed E-state index contributed by atoms with van der Waals surface area (Å²) < 4.78 is 1.80. The van der Waals surface area contributed by atoms with E-state index >= 15 is 0 Å². The van der Waals surface area contributed by atoms with Gasteiger partial charge in [-0.25, -0.2) is 4.68 Å². The lowest BCUT2D eigenvalue weighted by atomic mass is 10.2. The van der Waals surface area contributed by atoms with Gasteiger partial charge in [0.1, 0.15) is 0 Å². The van der Waals surface area contributed by atoms with E-state index in [-0.39, 0.29) is 0 Å². The maximum atomic E-state index is 5.18. The van der Waals surface area contributed by atoms with Crippen molar-refractivity contribution in [3.8, 4) is 0 Å². The first kappa shape index (κ1) is 10.2. The van der Waals surface area contributed by atoms with E-state index in [1.807, 2.05) is 13.1 Å². The summed E-state index contributed by atoms with van der Waals surface area (Å²) in [4.78, 5) is 0. The van der Waals surface area contributed by atoms with Crippen molar-refractivity contribution in [3.05, 3.63) is 17.5 Å². The van der Waals surface area contributed by atoms with Gasteiger partial charge >= 0.3 is 0 Å². The van der Waals surface area contributed by atoms with E-state index in [4.69, 9.17) is 12.2 Å². The molecule has 0 aromatic carbocycles. The molecular formula is C9H15N3S. The topological polar surface area (TPSA) is 29.9 Å². The zero-order valence-electron chi connectivity index (χ0n) is 8.29. The highest BCUT2D eigenvalue weighted by atomic mass is 32.1. The fourth-order valence-electron chi connectivity index (χ4n) is 1.29. The van der Waals surface area contributed by atoms with Crippen LogP contribution in [0.3, 0.4) is 0 Å². The number of thiocarbonyl (C=S) groups is 1. The van der Waals surface area contributed by atoms with E-state index in [9.17, 15) is 0 Å². The van der Waals surface area contributed by atoms with E-state index in [0.29, 0.717) is 5.11 Å². The third-order valence-corrected chi connectivity index (χ3v) is 2.25. The van der Waals surface area contributed by atoms with Gasteiger partial charge in [0.2, 0.25) is 0 Å². The third kappa shape index (κ3) is 2.06. The lowest BCUT2D eigenvalue weighted by molar-refractivity contribution is 0.813. The first-order valence-corrected chi connectivity index (χ1v) is 4.93. The van der Waals surface area contributed by atoms with Crippen molar-refractivity contribution in [2.45, 2.75) is 27.2 Å². The second-order valence-electron chi connectivity index (χ2n) is 2.88. The molecule has 0 spiro atoms. The quantitative estimate of drug-likeness (QED) is 0.729. The number of nitrogens with one attached hydrogen (secondary N) is 1. The molecular weight excluding hydrogens is 182 g/mol. The summed E-state index contributed by atoms with van der Waals surface area (Å²) in [6, 6.07) is 0. The van der Waals surface area contributed by atoms with Crippen molar-refractivity contribution in [1.29, 1.82) is 0 Å². The molecule has 1 N–H and O–H groups in total. The van der Waals surface area contributed by atoms with Crippen LogP contribution in [0.15, 0.2) is 6.20 Å². The highest BCUT2D eigenvalue weighted by molar-refractivity contribution is 7.80. The summed E-state index contributed by atoms with van der Waals surface area (Å²) in [6.07, 6.45) is 2.81. The van der Waals surface area contributed by atoms with Gasteiger partial charge in [-0.1, -0.05) is 6.92 Å². The van der Waals surface area contributed by atoms with Gasteiger partial charge in [-0.05, 0) is 38.0 Å². The fourth-order valence-corrected chi connectivity index (χ4v) is 1.59. The van der Waals surface area contributed by atoms with Gasteiger partial charge < -0.3 is 5.32 Å². The summed E-state index contributed by atoms with van der Waals surface area (Å²) in [5.41, 5.74) is 2.38. The molecule has 0 fully saturated rings. The van der Waals surface area contributed by atoms with Gasteiger partial charge in [0.25, 0.3) is 0 Å². The average molecular weight is 197 g/mol. The lowest BCUT2D eigenvalue weighted by Gasteiger charge is -2.08. The molecule has 72 valence electrons. The fraction of sp³-hybridized carbons (Fsp3) is 0.556. The molecule has 1 heterocycles. The second-order valence-corrected chi connectivity index (χ2v) is 3.26. The Morgan fingerprint density at radius 3 is 2.85 bits per heavy atom. The number of nitrogens with zero attached hydrogens (tertiary/aromatic N) is 2. The summed E-state index contributed by atoms with van der Waals surface area (Å²) in [5.74, 6) is 0. The molecule has 1 aromatic heterocycles. The highest BCUT2D eigenvalue weighted by Crippen LogP contribution is 2.06. The predicted octanol–water partition coefficient (Wildman–Crippen LogP) is 1.50. The molecule has 0 bridgehead atoms. The third-order valence-electron chi connectivity index (χ3n) is 1.93. The van der Waals surface area contributed by atoms with Crippen molar-refractivity contribution in [2.24, 2.45) is 0 Å². The van der Waals surface area contributed by atoms with Crippen molar-refractivity contribution < 1.29 is 0 Å². The molecule has 4 heteroatoms. The molecule has 0 atom stereocenters. The summed E-state index contributed by atoms with van der Waals surface area (Å²) >= 11 is 5.18. The van der Waals surface area contributed by atoms with Crippen LogP contribution in [0.5, 0.6) is 0 Å². The van der Waals surface area contributed by atoms with Crippen molar-refractivity contribution in [2.75, 3.05) is 6.54 Å². The number of aromatic nitrogens is 2. The Kier molecular flexibility index (Phi) is 3.42. The minimum Gasteiger partial charge on any atom is -0.361 e. The second kappa shape index (κ2) is 4.37. The number of aryl methyl sites for hydroxylation is 1. The molecule has 13 heavy (non-hydrogen) atoms. The van der Waals surface area contributed by atoms with Crippen LogP contribution in [0.4, 0.5) is 0 Å². The predicted molar refractivity (Wildman–Crippen MR) is 58.0 cm³/mol. The van der Waals surface area contributed by atoms with Crippen LogP contribution in [-0.2, 0) is 6.42 Å². The van der Waals surface area contributed by atoms with E-state index in [1.54, 1.807) is 4.68 Å². The van der Waals surface area contributed by atoms with Crippen LogP contribution in [0.2, 0.25) is 0 Å². The Bertz CT molecular complexity index is 304. The van der Waals surface area contributed by atoms with E-state index in [1.165, 1.54) is 11.3 Å². The van der Waals surface area contributed by atoms with Crippen LogP contribution >= 0.6 is 12.2 Å².